The van der Waals surface area contributed by atoms with E-state index in [1.54, 1.807) is 14.2 Å². The molecule has 4 heteroatoms. The van der Waals surface area contributed by atoms with Crippen LogP contribution in [0, 0.1) is 0 Å². The van der Waals surface area contributed by atoms with Crippen LogP contribution in [0.5, 0.6) is 11.5 Å². The highest BCUT2D eigenvalue weighted by Crippen LogP contribution is 2.32. The molecular weight excluding hydrogens is 240 g/mol. The van der Waals surface area contributed by atoms with Crippen LogP contribution < -0.4 is 14.8 Å². The summed E-state index contributed by atoms with van der Waals surface area (Å²) in [4.78, 5) is 2.42. The molecule has 0 spiro atoms. The minimum atomic E-state index is 0.270. The fraction of sp³-hybridized carbons (Fsp3) is 0.600. The van der Waals surface area contributed by atoms with Gasteiger partial charge >= 0.3 is 0 Å². The number of hydrogen-bond acceptors (Lipinski definition) is 4. The second-order valence-corrected chi connectivity index (χ2v) is 5.12. The molecule has 1 atom stereocenters. The van der Waals surface area contributed by atoms with Crippen LogP contribution in [0.3, 0.4) is 0 Å². The maximum atomic E-state index is 5.49. The highest BCUT2D eigenvalue weighted by molar-refractivity contribution is 5.42. The molecule has 0 bridgehead atoms. The molecule has 0 saturated heterocycles. The SMILES string of the molecule is CNC(CN(C)C1CC1)c1ccc(OC)cc1OC. The van der Waals surface area contributed by atoms with E-state index >= 15 is 0 Å². The number of methoxy groups -OCH3 is 2. The summed E-state index contributed by atoms with van der Waals surface area (Å²) >= 11 is 0. The van der Waals surface area contributed by atoms with Crippen molar-refractivity contribution in [1.29, 1.82) is 0 Å². The van der Waals surface area contributed by atoms with Gasteiger partial charge in [0.25, 0.3) is 0 Å². The van der Waals surface area contributed by atoms with E-state index in [2.05, 4.69) is 23.3 Å². The molecule has 1 aromatic carbocycles. The number of nitrogens with zero attached hydrogens (tertiary/aromatic N) is 1. The molecule has 4 nitrogen and oxygen atoms in total. The van der Waals surface area contributed by atoms with Gasteiger partial charge in [0, 0.05) is 30.3 Å². The van der Waals surface area contributed by atoms with Crippen LogP contribution in [0.2, 0.25) is 0 Å². The Kier molecular flexibility index (Phi) is 4.66. The lowest BCUT2D eigenvalue weighted by atomic mass is 10.0. The summed E-state index contributed by atoms with van der Waals surface area (Å²) in [5, 5.41) is 3.38. The van der Waals surface area contributed by atoms with Crippen LogP contribution in [0.25, 0.3) is 0 Å². The molecule has 0 heterocycles. The molecule has 1 aliphatic carbocycles. The molecule has 0 aliphatic heterocycles. The van der Waals surface area contributed by atoms with Crippen molar-refractivity contribution in [3.05, 3.63) is 23.8 Å². The molecule has 1 fully saturated rings. The fourth-order valence-corrected chi connectivity index (χ4v) is 2.40. The summed E-state index contributed by atoms with van der Waals surface area (Å²) in [6.07, 6.45) is 2.65. The van der Waals surface area contributed by atoms with E-state index in [4.69, 9.17) is 9.47 Å². The van der Waals surface area contributed by atoms with Crippen molar-refractivity contribution in [2.24, 2.45) is 0 Å². The maximum absolute atomic E-state index is 5.49. The van der Waals surface area contributed by atoms with Gasteiger partial charge in [-0.15, -0.1) is 0 Å². The molecule has 0 amide bonds. The molecule has 0 aromatic heterocycles. The molecule has 1 aliphatic rings. The number of likely N-dealkylation sites (N-methyl/N-ethyl adjacent to an activating group) is 2. The molecule has 1 saturated carbocycles. The van der Waals surface area contributed by atoms with Gasteiger partial charge in [-0.3, -0.25) is 0 Å². The highest BCUT2D eigenvalue weighted by Gasteiger charge is 2.28. The van der Waals surface area contributed by atoms with Crippen molar-refractivity contribution < 1.29 is 9.47 Å². The van der Waals surface area contributed by atoms with Gasteiger partial charge in [0.2, 0.25) is 0 Å². The number of nitrogens with one attached hydrogen (secondary N) is 1. The van der Waals surface area contributed by atoms with Crippen molar-refractivity contribution in [3.8, 4) is 11.5 Å². The van der Waals surface area contributed by atoms with Gasteiger partial charge in [0.05, 0.1) is 14.2 Å². The predicted octanol–water partition coefficient (Wildman–Crippen LogP) is 2.06. The number of hydrogen-bond donors (Lipinski definition) is 1. The van der Waals surface area contributed by atoms with Gasteiger partial charge in [-0.05, 0) is 33.0 Å². The first-order valence-electron chi connectivity index (χ1n) is 6.79. The van der Waals surface area contributed by atoms with Crippen LogP contribution in [0.4, 0.5) is 0 Å². The van der Waals surface area contributed by atoms with Crippen molar-refractivity contribution in [2.75, 3.05) is 34.9 Å². The molecule has 1 aromatic rings. The molecule has 1 unspecified atom stereocenters. The zero-order chi connectivity index (χ0) is 13.8. The Morgan fingerprint density at radius 3 is 2.58 bits per heavy atom. The topological polar surface area (TPSA) is 33.7 Å². The molecule has 2 rings (SSSR count). The number of ether oxygens (including phenoxy) is 2. The Hall–Kier alpha value is -1.26. The molecule has 106 valence electrons. The summed E-state index contributed by atoms with van der Waals surface area (Å²) in [5.74, 6) is 1.70. The first-order chi connectivity index (χ1) is 9.19. The Balaban J connectivity index is 2.16. The third-order valence-electron chi connectivity index (χ3n) is 3.81. The average Bonchev–Trinajstić information content (AvgIpc) is 3.28. The quantitative estimate of drug-likeness (QED) is 0.817. The van der Waals surface area contributed by atoms with Crippen molar-refractivity contribution in [1.82, 2.24) is 10.2 Å². The average molecular weight is 264 g/mol. The van der Waals surface area contributed by atoms with Crippen molar-refractivity contribution in [2.45, 2.75) is 24.9 Å². The first-order valence-corrected chi connectivity index (χ1v) is 6.79. The number of benzene rings is 1. The lowest BCUT2D eigenvalue weighted by molar-refractivity contribution is 0.283. The Bertz CT molecular complexity index is 419. The summed E-state index contributed by atoms with van der Waals surface area (Å²) in [6.45, 7) is 0.990. The zero-order valence-electron chi connectivity index (χ0n) is 12.3. The third kappa shape index (κ3) is 3.39. The van der Waals surface area contributed by atoms with E-state index in [0.29, 0.717) is 0 Å². The smallest absolute Gasteiger partial charge is 0.127 e. The second kappa shape index (κ2) is 6.26. The molecular formula is C15H24N2O2. The van der Waals surface area contributed by atoms with E-state index in [1.165, 1.54) is 18.4 Å². The van der Waals surface area contributed by atoms with E-state index in [0.717, 1.165) is 24.1 Å². The Morgan fingerprint density at radius 2 is 2.05 bits per heavy atom. The lowest BCUT2D eigenvalue weighted by Crippen LogP contribution is -2.32. The molecule has 0 radical (unpaired) electrons. The van der Waals surface area contributed by atoms with Gasteiger partial charge in [-0.1, -0.05) is 6.07 Å². The summed E-state index contributed by atoms with van der Waals surface area (Å²) < 4.78 is 10.7. The standard InChI is InChI=1S/C15H24N2O2/c1-16-14(10-17(2)11-5-6-11)13-8-7-12(18-3)9-15(13)19-4/h7-9,11,14,16H,5-6,10H2,1-4H3. The molecule has 19 heavy (non-hydrogen) atoms. The lowest BCUT2D eigenvalue weighted by Gasteiger charge is -2.25. The Labute approximate surface area is 115 Å². The normalized spacial score (nSPS) is 16.5. The Morgan fingerprint density at radius 1 is 1.32 bits per heavy atom. The van der Waals surface area contributed by atoms with Crippen LogP contribution in [-0.2, 0) is 0 Å². The predicted molar refractivity (Wildman–Crippen MR) is 77.0 cm³/mol. The van der Waals surface area contributed by atoms with E-state index in [9.17, 15) is 0 Å². The van der Waals surface area contributed by atoms with Gasteiger partial charge in [0.1, 0.15) is 11.5 Å². The highest BCUT2D eigenvalue weighted by atomic mass is 16.5. The maximum Gasteiger partial charge on any atom is 0.127 e. The van der Waals surface area contributed by atoms with E-state index in [-0.39, 0.29) is 6.04 Å². The summed E-state index contributed by atoms with van der Waals surface area (Å²) in [7, 11) is 7.56. The minimum Gasteiger partial charge on any atom is -0.497 e. The van der Waals surface area contributed by atoms with Crippen molar-refractivity contribution in [3.63, 3.8) is 0 Å². The van der Waals surface area contributed by atoms with Crippen molar-refractivity contribution >= 4 is 0 Å². The largest absolute Gasteiger partial charge is 0.497 e. The summed E-state index contributed by atoms with van der Waals surface area (Å²) in [6, 6.07) is 7.04. The zero-order valence-corrected chi connectivity index (χ0v) is 12.3. The van der Waals surface area contributed by atoms with Crippen LogP contribution in [0.15, 0.2) is 18.2 Å². The fourth-order valence-electron chi connectivity index (χ4n) is 2.40. The van der Waals surface area contributed by atoms with Gasteiger partial charge in [0.15, 0.2) is 0 Å². The van der Waals surface area contributed by atoms with Crippen LogP contribution >= 0.6 is 0 Å². The number of rotatable bonds is 7. The summed E-state index contributed by atoms with van der Waals surface area (Å²) in [5.41, 5.74) is 1.18. The van der Waals surface area contributed by atoms with Crippen LogP contribution in [-0.4, -0.2) is 45.8 Å². The second-order valence-electron chi connectivity index (χ2n) is 5.12. The van der Waals surface area contributed by atoms with E-state index in [1.807, 2.05) is 19.2 Å². The third-order valence-corrected chi connectivity index (χ3v) is 3.81. The van der Waals surface area contributed by atoms with Gasteiger partial charge in [-0.2, -0.15) is 0 Å². The van der Waals surface area contributed by atoms with Gasteiger partial charge in [-0.25, -0.2) is 0 Å². The monoisotopic (exact) mass is 264 g/mol. The molecule has 1 N–H and O–H groups in total. The van der Waals surface area contributed by atoms with E-state index < -0.39 is 0 Å². The minimum absolute atomic E-state index is 0.270. The first kappa shape index (κ1) is 14.2. The van der Waals surface area contributed by atoms with Gasteiger partial charge < -0.3 is 19.7 Å². The van der Waals surface area contributed by atoms with Crippen LogP contribution in [0.1, 0.15) is 24.4 Å².